The summed E-state index contributed by atoms with van der Waals surface area (Å²) >= 11 is 0. The van der Waals surface area contributed by atoms with Crippen molar-refractivity contribution in [3.8, 4) is 5.69 Å². The predicted octanol–water partition coefficient (Wildman–Crippen LogP) is 3.16. The molecule has 0 spiro atoms. The summed E-state index contributed by atoms with van der Waals surface area (Å²) in [5, 5.41) is 7.48. The number of hydrogen-bond acceptors (Lipinski definition) is 3. The fraction of sp³-hybridized carbons (Fsp3) is 0.444. The molecule has 24 heavy (non-hydrogen) atoms. The van der Waals surface area contributed by atoms with E-state index in [1.807, 2.05) is 58.0 Å². The summed E-state index contributed by atoms with van der Waals surface area (Å²) in [6, 6.07) is 9.81. The molecule has 0 radical (unpaired) electrons. The zero-order valence-electron chi connectivity index (χ0n) is 14.8. The average Bonchev–Trinajstić information content (AvgIpc) is 2.88. The van der Waals surface area contributed by atoms with Gasteiger partial charge in [-0.1, -0.05) is 32.0 Å². The fourth-order valence-corrected chi connectivity index (χ4v) is 2.64. The molecule has 6 heteroatoms. The second-order valence-corrected chi connectivity index (χ2v) is 6.05. The van der Waals surface area contributed by atoms with E-state index in [2.05, 4.69) is 10.4 Å². The van der Waals surface area contributed by atoms with Crippen LogP contribution >= 0.6 is 12.4 Å². The van der Waals surface area contributed by atoms with Gasteiger partial charge in [0, 0.05) is 12.1 Å². The number of aryl methyl sites for hydroxylation is 1. The van der Waals surface area contributed by atoms with Gasteiger partial charge in [-0.25, -0.2) is 4.68 Å². The third-order valence-electron chi connectivity index (χ3n) is 4.53. The van der Waals surface area contributed by atoms with Gasteiger partial charge in [-0.05, 0) is 38.8 Å². The van der Waals surface area contributed by atoms with E-state index in [0.29, 0.717) is 12.1 Å². The highest BCUT2D eigenvalue weighted by Gasteiger charge is 2.24. The standard InChI is InChI=1S/C18H26N4O.ClH/c1-5-18(19,6-2)12-20-17(23)16-13(3)21-22(14(16)4)15-10-8-7-9-11-15;/h7-11H,5-6,12,19H2,1-4H3,(H,20,23);1H. The maximum atomic E-state index is 12.6. The first-order valence-electron chi connectivity index (χ1n) is 8.10. The highest BCUT2D eigenvalue weighted by Crippen LogP contribution is 2.18. The summed E-state index contributed by atoms with van der Waals surface area (Å²) in [7, 11) is 0. The van der Waals surface area contributed by atoms with Crippen LogP contribution in [0.2, 0.25) is 0 Å². The number of amides is 1. The Morgan fingerprint density at radius 2 is 1.79 bits per heavy atom. The van der Waals surface area contributed by atoms with Gasteiger partial charge in [0.05, 0.1) is 22.6 Å². The van der Waals surface area contributed by atoms with E-state index < -0.39 is 0 Å². The maximum absolute atomic E-state index is 12.6. The van der Waals surface area contributed by atoms with Crippen LogP contribution < -0.4 is 11.1 Å². The van der Waals surface area contributed by atoms with E-state index in [4.69, 9.17) is 5.73 Å². The molecule has 0 aliphatic heterocycles. The minimum atomic E-state index is -0.354. The van der Waals surface area contributed by atoms with Crippen molar-refractivity contribution in [2.75, 3.05) is 6.54 Å². The number of nitrogens with one attached hydrogen (secondary N) is 1. The maximum Gasteiger partial charge on any atom is 0.255 e. The van der Waals surface area contributed by atoms with Crippen LogP contribution in [0.25, 0.3) is 5.69 Å². The zero-order valence-corrected chi connectivity index (χ0v) is 15.6. The zero-order chi connectivity index (χ0) is 17.0. The number of carbonyl (C=O) groups is 1. The first-order chi connectivity index (χ1) is 10.9. The van der Waals surface area contributed by atoms with Crippen LogP contribution in [0, 0.1) is 13.8 Å². The molecular formula is C18H27ClN4O. The van der Waals surface area contributed by atoms with Gasteiger partial charge in [-0.15, -0.1) is 12.4 Å². The molecular weight excluding hydrogens is 324 g/mol. The molecule has 0 aliphatic carbocycles. The van der Waals surface area contributed by atoms with E-state index in [-0.39, 0.29) is 23.9 Å². The third kappa shape index (κ3) is 4.16. The second-order valence-electron chi connectivity index (χ2n) is 6.05. The number of para-hydroxylation sites is 1. The molecule has 0 atom stereocenters. The molecule has 0 saturated heterocycles. The largest absolute Gasteiger partial charge is 0.350 e. The van der Waals surface area contributed by atoms with Gasteiger partial charge in [0.15, 0.2) is 0 Å². The van der Waals surface area contributed by atoms with Crippen LogP contribution in [0.3, 0.4) is 0 Å². The molecule has 2 rings (SSSR count). The lowest BCUT2D eigenvalue weighted by molar-refractivity contribution is 0.0941. The van der Waals surface area contributed by atoms with Gasteiger partial charge in [-0.3, -0.25) is 4.79 Å². The molecule has 0 saturated carbocycles. The molecule has 3 N–H and O–H groups in total. The molecule has 0 aliphatic rings. The molecule has 0 fully saturated rings. The number of rotatable bonds is 6. The highest BCUT2D eigenvalue weighted by atomic mass is 35.5. The Bertz CT molecular complexity index is 678. The highest BCUT2D eigenvalue weighted by molar-refractivity contribution is 5.96. The van der Waals surface area contributed by atoms with Gasteiger partial charge in [-0.2, -0.15) is 5.10 Å². The molecule has 0 bridgehead atoms. The second kappa shape index (κ2) is 8.31. The molecule has 132 valence electrons. The summed E-state index contributed by atoms with van der Waals surface area (Å²) in [6.07, 6.45) is 1.65. The summed E-state index contributed by atoms with van der Waals surface area (Å²) < 4.78 is 1.81. The molecule has 5 nitrogen and oxygen atoms in total. The first-order valence-corrected chi connectivity index (χ1v) is 8.10. The van der Waals surface area contributed by atoms with Crippen molar-refractivity contribution >= 4 is 18.3 Å². The van der Waals surface area contributed by atoms with E-state index in [9.17, 15) is 4.79 Å². The first kappa shape index (κ1) is 20.2. The Balaban J connectivity index is 0.00000288. The summed E-state index contributed by atoms with van der Waals surface area (Å²) in [5.74, 6) is -0.112. The summed E-state index contributed by atoms with van der Waals surface area (Å²) in [5.41, 5.74) is 9.04. The number of benzene rings is 1. The predicted molar refractivity (Wildman–Crippen MR) is 100 cm³/mol. The molecule has 1 heterocycles. The number of nitrogens with zero attached hydrogens (tertiary/aromatic N) is 2. The quantitative estimate of drug-likeness (QED) is 0.840. The lowest BCUT2D eigenvalue weighted by Crippen LogP contribution is -2.49. The van der Waals surface area contributed by atoms with Crippen LogP contribution in [-0.4, -0.2) is 27.8 Å². The number of halogens is 1. The topological polar surface area (TPSA) is 72.9 Å². The lowest BCUT2D eigenvalue weighted by Gasteiger charge is -2.26. The molecule has 1 amide bonds. The van der Waals surface area contributed by atoms with Gasteiger partial charge in [0.2, 0.25) is 0 Å². The fourth-order valence-electron chi connectivity index (χ4n) is 2.64. The summed E-state index contributed by atoms with van der Waals surface area (Å²) in [4.78, 5) is 12.6. The molecule has 1 aromatic carbocycles. The van der Waals surface area contributed by atoms with Crippen molar-refractivity contribution in [2.45, 2.75) is 46.1 Å². The average molecular weight is 351 g/mol. The van der Waals surface area contributed by atoms with Gasteiger partial charge in [0.1, 0.15) is 0 Å². The Morgan fingerprint density at radius 1 is 1.21 bits per heavy atom. The van der Waals surface area contributed by atoms with E-state index >= 15 is 0 Å². The van der Waals surface area contributed by atoms with Crippen LogP contribution in [0.15, 0.2) is 30.3 Å². The number of carbonyl (C=O) groups excluding carboxylic acids is 1. The van der Waals surface area contributed by atoms with Crippen molar-refractivity contribution in [3.63, 3.8) is 0 Å². The number of nitrogens with two attached hydrogens (primary N) is 1. The van der Waals surface area contributed by atoms with E-state index in [1.165, 1.54) is 0 Å². The van der Waals surface area contributed by atoms with Crippen LogP contribution in [-0.2, 0) is 0 Å². The van der Waals surface area contributed by atoms with Crippen molar-refractivity contribution in [1.82, 2.24) is 15.1 Å². The Hall–Kier alpha value is -1.85. The van der Waals surface area contributed by atoms with Gasteiger partial charge in [0.25, 0.3) is 5.91 Å². The van der Waals surface area contributed by atoms with Crippen molar-refractivity contribution in [1.29, 1.82) is 0 Å². The van der Waals surface area contributed by atoms with Gasteiger partial charge < -0.3 is 11.1 Å². The summed E-state index contributed by atoms with van der Waals surface area (Å²) in [6.45, 7) is 8.32. The number of hydrogen-bond donors (Lipinski definition) is 2. The molecule has 0 unspecified atom stereocenters. The SMILES string of the molecule is CCC(N)(CC)CNC(=O)c1c(C)nn(-c2ccccc2)c1C.Cl. The third-order valence-corrected chi connectivity index (χ3v) is 4.53. The number of aromatic nitrogens is 2. The Morgan fingerprint density at radius 3 is 2.33 bits per heavy atom. The Kier molecular flexibility index (Phi) is 6.99. The molecule has 1 aromatic heterocycles. The lowest BCUT2D eigenvalue weighted by atomic mass is 9.94. The smallest absolute Gasteiger partial charge is 0.255 e. The van der Waals surface area contributed by atoms with E-state index in [0.717, 1.165) is 29.9 Å². The van der Waals surface area contributed by atoms with Crippen LogP contribution in [0.5, 0.6) is 0 Å². The minimum absolute atomic E-state index is 0. The Labute approximate surface area is 150 Å². The van der Waals surface area contributed by atoms with E-state index in [1.54, 1.807) is 4.68 Å². The monoisotopic (exact) mass is 350 g/mol. The minimum Gasteiger partial charge on any atom is -0.350 e. The van der Waals surface area contributed by atoms with Gasteiger partial charge >= 0.3 is 0 Å². The molecule has 2 aromatic rings. The van der Waals surface area contributed by atoms with Crippen LogP contribution in [0.1, 0.15) is 48.4 Å². The van der Waals surface area contributed by atoms with Crippen molar-refractivity contribution in [2.24, 2.45) is 5.73 Å². The normalized spacial score (nSPS) is 11.0. The van der Waals surface area contributed by atoms with Crippen molar-refractivity contribution in [3.05, 3.63) is 47.3 Å². The van der Waals surface area contributed by atoms with Crippen molar-refractivity contribution < 1.29 is 4.79 Å². The van der Waals surface area contributed by atoms with Crippen LogP contribution in [0.4, 0.5) is 0 Å².